The number of nitrogens with zero attached hydrogens (tertiary/aromatic N) is 1. The SMILES string of the molecule is CC1(n2c(=O)[nH]c(Cl)c(C3CCCC3)c2=O)CC1. The van der Waals surface area contributed by atoms with Crippen molar-refractivity contribution in [3.05, 3.63) is 31.6 Å². The van der Waals surface area contributed by atoms with Gasteiger partial charge in [0.25, 0.3) is 5.56 Å². The van der Waals surface area contributed by atoms with E-state index in [9.17, 15) is 9.59 Å². The van der Waals surface area contributed by atoms with Gasteiger partial charge in [0.1, 0.15) is 5.15 Å². The maximum atomic E-state index is 12.5. The number of hydrogen-bond acceptors (Lipinski definition) is 2. The van der Waals surface area contributed by atoms with Crippen molar-refractivity contribution in [3.63, 3.8) is 0 Å². The van der Waals surface area contributed by atoms with Crippen molar-refractivity contribution in [2.24, 2.45) is 0 Å². The van der Waals surface area contributed by atoms with E-state index in [1.807, 2.05) is 6.92 Å². The van der Waals surface area contributed by atoms with Crippen molar-refractivity contribution >= 4 is 11.6 Å². The molecule has 0 amide bonds. The van der Waals surface area contributed by atoms with E-state index in [2.05, 4.69) is 4.98 Å². The third-order valence-corrected chi connectivity index (χ3v) is 4.66. The Labute approximate surface area is 110 Å². The summed E-state index contributed by atoms with van der Waals surface area (Å²) >= 11 is 6.09. The Kier molecular flexibility index (Phi) is 2.66. The first-order valence-corrected chi connectivity index (χ1v) is 6.96. The minimum atomic E-state index is -0.369. The predicted octanol–water partition coefficient (Wildman–Crippen LogP) is 2.36. The molecule has 1 N–H and O–H groups in total. The van der Waals surface area contributed by atoms with Gasteiger partial charge in [-0.1, -0.05) is 24.4 Å². The van der Waals surface area contributed by atoms with Crippen LogP contribution in [0.3, 0.4) is 0 Å². The van der Waals surface area contributed by atoms with Gasteiger partial charge in [0.15, 0.2) is 0 Å². The zero-order valence-electron chi connectivity index (χ0n) is 10.5. The van der Waals surface area contributed by atoms with E-state index in [4.69, 9.17) is 11.6 Å². The summed E-state index contributed by atoms with van der Waals surface area (Å²) in [7, 11) is 0. The van der Waals surface area contributed by atoms with Gasteiger partial charge in [-0.2, -0.15) is 0 Å². The molecule has 2 aliphatic rings. The van der Waals surface area contributed by atoms with E-state index < -0.39 is 0 Å². The zero-order valence-corrected chi connectivity index (χ0v) is 11.2. The van der Waals surface area contributed by atoms with Crippen molar-refractivity contribution in [2.45, 2.75) is 56.9 Å². The maximum absolute atomic E-state index is 12.5. The van der Waals surface area contributed by atoms with Crippen molar-refractivity contribution in [2.75, 3.05) is 0 Å². The Morgan fingerprint density at radius 3 is 2.44 bits per heavy atom. The lowest BCUT2D eigenvalue weighted by molar-refractivity contribution is 0.477. The molecular weight excluding hydrogens is 252 g/mol. The molecule has 0 atom stereocenters. The molecule has 1 aromatic heterocycles. The molecule has 98 valence electrons. The molecule has 0 saturated heterocycles. The molecule has 2 fully saturated rings. The van der Waals surface area contributed by atoms with E-state index in [0.29, 0.717) is 5.56 Å². The Hall–Kier alpha value is -1.03. The molecular formula is C13H17ClN2O2. The zero-order chi connectivity index (χ0) is 12.9. The van der Waals surface area contributed by atoms with Crippen LogP contribution in [0.1, 0.15) is 56.9 Å². The molecule has 4 nitrogen and oxygen atoms in total. The summed E-state index contributed by atoms with van der Waals surface area (Å²) in [6, 6.07) is 0. The number of nitrogens with one attached hydrogen (secondary N) is 1. The Morgan fingerprint density at radius 2 is 1.89 bits per heavy atom. The molecule has 1 heterocycles. The first kappa shape index (κ1) is 12.0. The fourth-order valence-electron chi connectivity index (χ4n) is 2.99. The molecule has 1 aromatic rings. The molecule has 18 heavy (non-hydrogen) atoms. The van der Waals surface area contributed by atoms with Gasteiger partial charge in [-0.3, -0.25) is 14.3 Å². The predicted molar refractivity (Wildman–Crippen MR) is 70.4 cm³/mol. The molecule has 0 bridgehead atoms. The van der Waals surface area contributed by atoms with Gasteiger partial charge >= 0.3 is 5.69 Å². The fourth-order valence-corrected chi connectivity index (χ4v) is 3.30. The van der Waals surface area contributed by atoms with Crippen LogP contribution < -0.4 is 11.2 Å². The first-order chi connectivity index (χ1) is 8.53. The van der Waals surface area contributed by atoms with Gasteiger partial charge in [-0.25, -0.2) is 4.79 Å². The highest BCUT2D eigenvalue weighted by atomic mass is 35.5. The average Bonchev–Trinajstić information content (AvgIpc) is 2.81. The van der Waals surface area contributed by atoms with Gasteiger partial charge in [0.05, 0.1) is 11.1 Å². The lowest BCUT2D eigenvalue weighted by atomic mass is 10.0. The molecule has 2 saturated carbocycles. The minimum absolute atomic E-state index is 0.171. The van der Waals surface area contributed by atoms with Crippen molar-refractivity contribution in [1.82, 2.24) is 9.55 Å². The topological polar surface area (TPSA) is 54.9 Å². The number of aromatic nitrogens is 2. The molecule has 3 rings (SSSR count). The number of halogens is 1. The van der Waals surface area contributed by atoms with Crippen LogP contribution in [0.2, 0.25) is 5.15 Å². The summed E-state index contributed by atoms with van der Waals surface area (Å²) < 4.78 is 1.38. The van der Waals surface area contributed by atoms with E-state index in [-0.39, 0.29) is 27.9 Å². The van der Waals surface area contributed by atoms with Crippen LogP contribution in [0.15, 0.2) is 9.59 Å². The smallest absolute Gasteiger partial charge is 0.297 e. The minimum Gasteiger partial charge on any atom is -0.297 e. The second-order valence-electron chi connectivity index (χ2n) is 5.78. The van der Waals surface area contributed by atoms with Crippen LogP contribution in [0.25, 0.3) is 0 Å². The molecule has 2 aliphatic carbocycles. The fraction of sp³-hybridized carbons (Fsp3) is 0.692. The van der Waals surface area contributed by atoms with E-state index in [0.717, 1.165) is 38.5 Å². The second-order valence-corrected chi connectivity index (χ2v) is 6.15. The molecule has 0 unspecified atom stereocenters. The van der Waals surface area contributed by atoms with Crippen LogP contribution in [0.5, 0.6) is 0 Å². The highest BCUT2D eigenvalue weighted by Crippen LogP contribution is 2.41. The van der Waals surface area contributed by atoms with Crippen LogP contribution in [-0.4, -0.2) is 9.55 Å². The number of rotatable bonds is 2. The quantitative estimate of drug-likeness (QED) is 0.837. The molecule has 0 aliphatic heterocycles. The Bertz CT molecular complexity index is 592. The number of hydrogen-bond donors (Lipinski definition) is 1. The normalized spacial score (nSPS) is 22.3. The van der Waals surface area contributed by atoms with Gasteiger partial charge in [0.2, 0.25) is 0 Å². The van der Waals surface area contributed by atoms with Crippen molar-refractivity contribution in [1.29, 1.82) is 0 Å². The highest BCUT2D eigenvalue weighted by molar-refractivity contribution is 6.30. The third-order valence-electron chi connectivity index (χ3n) is 4.37. The van der Waals surface area contributed by atoms with Crippen LogP contribution in [0, 0.1) is 0 Å². The van der Waals surface area contributed by atoms with Crippen molar-refractivity contribution < 1.29 is 0 Å². The third kappa shape index (κ3) is 1.74. The monoisotopic (exact) mass is 268 g/mol. The summed E-state index contributed by atoms with van der Waals surface area (Å²) in [5, 5.41) is 0.248. The molecule has 5 heteroatoms. The average molecular weight is 269 g/mol. The van der Waals surface area contributed by atoms with Crippen molar-refractivity contribution in [3.8, 4) is 0 Å². The number of aromatic amines is 1. The summed E-state index contributed by atoms with van der Waals surface area (Å²) in [5.41, 5.74) is -0.202. The second kappa shape index (κ2) is 3.98. The summed E-state index contributed by atoms with van der Waals surface area (Å²) in [6.07, 6.45) is 6.05. The summed E-state index contributed by atoms with van der Waals surface area (Å²) in [5.74, 6) is 0.218. The van der Waals surface area contributed by atoms with Gasteiger partial charge < -0.3 is 0 Å². The Balaban J connectivity index is 2.20. The molecule has 0 spiro atoms. The lowest BCUT2D eigenvalue weighted by Gasteiger charge is -2.17. The van der Waals surface area contributed by atoms with Crippen LogP contribution in [-0.2, 0) is 5.54 Å². The highest BCUT2D eigenvalue weighted by Gasteiger charge is 2.42. The van der Waals surface area contributed by atoms with Gasteiger partial charge in [-0.05, 0) is 38.5 Å². The van der Waals surface area contributed by atoms with Gasteiger partial charge in [-0.15, -0.1) is 0 Å². The largest absolute Gasteiger partial charge is 0.330 e. The first-order valence-electron chi connectivity index (χ1n) is 6.58. The van der Waals surface area contributed by atoms with E-state index in [1.165, 1.54) is 4.57 Å². The van der Waals surface area contributed by atoms with E-state index in [1.54, 1.807) is 0 Å². The van der Waals surface area contributed by atoms with E-state index >= 15 is 0 Å². The maximum Gasteiger partial charge on any atom is 0.330 e. The standard InChI is InChI=1S/C13H17ClN2O2/c1-13(6-7-13)16-11(17)9(8-4-2-3-5-8)10(14)15-12(16)18/h8H,2-7H2,1H3,(H,15,18). The number of H-pyrrole nitrogens is 1. The molecule has 0 aromatic carbocycles. The molecule has 0 radical (unpaired) electrons. The van der Waals surface area contributed by atoms with Crippen LogP contribution in [0.4, 0.5) is 0 Å². The summed E-state index contributed by atoms with van der Waals surface area (Å²) in [6.45, 7) is 1.95. The summed E-state index contributed by atoms with van der Waals surface area (Å²) in [4.78, 5) is 27.1. The van der Waals surface area contributed by atoms with Gasteiger partial charge in [0, 0.05) is 0 Å². The van der Waals surface area contributed by atoms with Crippen LogP contribution >= 0.6 is 11.6 Å². The Morgan fingerprint density at radius 1 is 1.28 bits per heavy atom. The lowest BCUT2D eigenvalue weighted by Crippen LogP contribution is -2.43.